The Kier molecular flexibility index (Phi) is 10.2. The van der Waals surface area contributed by atoms with Crippen molar-refractivity contribution in [2.75, 3.05) is 81.0 Å². The van der Waals surface area contributed by atoms with Gasteiger partial charge in [-0.15, -0.1) is 0 Å². The fourth-order valence-electron chi connectivity index (χ4n) is 4.75. The van der Waals surface area contributed by atoms with Crippen LogP contribution in [0.4, 0.5) is 17.6 Å². The van der Waals surface area contributed by atoms with Gasteiger partial charge in [-0.1, -0.05) is 44.2 Å². The van der Waals surface area contributed by atoms with E-state index in [0.717, 1.165) is 55.5 Å². The molecule has 3 heterocycles. The van der Waals surface area contributed by atoms with Gasteiger partial charge in [0.2, 0.25) is 5.95 Å². The highest BCUT2D eigenvalue weighted by Gasteiger charge is 2.19. The van der Waals surface area contributed by atoms with Crippen molar-refractivity contribution in [1.29, 1.82) is 0 Å². The van der Waals surface area contributed by atoms with E-state index in [9.17, 15) is 0 Å². The summed E-state index contributed by atoms with van der Waals surface area (Å²) in [5.74, 6) is 4.33. The van der Waals surface area contributed by atoms with Crippen molar-refractivity contribution >= 4 is 23.8 Å². The molecule has 0 radical (unpaired) electrons. The number of aromatic nitrogens is 2. The number of hydrogen-bond donors (Lipinski definition) is 1. The number of anilines is 3. The van der Waals surface area contributed by atoms with E-state index in [-0.39, 0.29) is 0 Å². The molecule has 3 aromatic rings. The predicted molar refractivity (Wildman–Crippen MR) is 162 cm³/mol. The molecule has 2 aliphatic rings. The van der Waals surface area contributed by atoms with Crippen LogP contribution in [0.1, 0.15) is 37.3 Å². The molecule has 10 heteroatoms. The monoisotopic (exact) mass is 560 g/mol. The Hall–Kier alpha value is -3.89. The maximum Gasteiger partial charge on any atom is 0.229 e. The lowest BCUT2D eigenvalue weighted by atomic mass is 9.98. The lowest BCUT2D eigenvalue weighted by Gasteiger charge is -2.31. The smallest absolute Gasteiger partial charge is 0.229 e. The summed E-state index contributed by atoms with van der Waals surface area (Å²) in [7, 11) is 0. The Morgan fingerprint density at radius 1 is 0.902 bits per heavy atom. The summed E-state index contributed by atoms with van der Waals surface area (Å²) in [6.07, 6.45) is 2.83. The number of hydrazone groups is 1. The first kappa shape index (κ1) is 28.6. The summed E-state index contributed by atoms with van der Waals surface area (Å²) in [5, 5.41) is 4.46. The Bertz CT molecular complexity index is 1240. The average Bonchev–Trinajstić information content (AvgIpc) is 3.04. The number of hydrogen-bond acceptors (Lipinski definition) is 10. The molecule has 218 valence electrons. The van der Waals surface area contributed by atoms with Crippen LogP contribution in [0.3, 0.4) is 0 Å². The maximum atomic E-state index is 6.04. The van der Waals surface area contributed by atoms with Crippen LogP contribution >= 0.6 is 0 Å². The standard InChI is InChI=1S/C31H40N6O4/c1-3-24(2)27-9-4-5-10-28(27)41-20-19-40-26-8-6-7-25(21-26)23-32-35-29-22-30(36-11-15-38-16-12-36)34-31(33-29)37-13-17-39-18-14-37/h4-10,21-24H,3,11-20H2,1-2H3,(H,33,34,35)/b32-23-/t24-/m1/s1. The highest BCUT2D eigenvalue weighted by atomic mass is 16.5. The van der Waals surface area contributed by atoms with Crippen molar-refractivity contribution in [2.24, 2.45) is 5.10 Å². The zero-order valence-electron chi connectivity index (χ0n) is 24.0. The fourth-order valence-corrected chi connectivity index (χ4v) is 4.75. The normalized spacial score (nSPS) is 16.5. The summed E-state index contributed by atoms with van der Waals surface area (Å²) in [6, 6.07) is 18.0. The molecule has 10 nitrogen and oxygen atoms in total. The third-order valence-corrected chi connectivity index (χ3v) is 7.25. The third-order valence-electron chi connectivity index (χ3n) is 7.25. The molecule has 1 aromatic heterocycles. The lowest BCUT2D eigenvalue weighted by Crippen LogP contribution is -2.39. The predicted octanol–water partition coefficient (Wildman–Crippen LogP) is 4.57. The minimum Gasteiger partial charge on any atom is -0.490 e. The van der Waals surface area contributed by atoms with Gasteiger partial charge in [0.15, 0.2) is 5.82 Å². The molecule has 2 fully saturated rings. The Labute approximate surface area is 242 Å². The Morgan fingerprint density at radius 3 is 2.41 bits per heavy atom. The van der Waals surface area contributed by atoms with Crippen LogP contribution in [0, 0.1) is 0 Å². The van der Waals surface area contributed by atoms with Crippen molar-refractivity contribution in [2.45, 2.75) is 26.2 Å². The molecule has 2 aromatic carbocycles. The second-order valence-electron chi connectivity index (χ2n) is 10.1. The van der Waals surface area contributed by atoms with E-state index in [1.165, 1.54) is 5.56 Å². The van der Waals surface area contributed by atoms with E-state index in [0.29, 0.717) is 57.3 Å². The molecule has 1 atom stereocenters. The van der Waals surface area contributed by atoms with Crippen LogP contribution in [0.25, 0.3) is 0 Å². The molecule has 1 N–H and O–H groups in total. The summed E-state index contributed by atoms with van der Waals surface area (Å²) in [6.45, 7) is 11.2. The van der Waals surface area contributed by atoms with E-state index >= 15 is 0 Å². The molecule has 0 saturated carbocycles. The minimum absolute atomic E-state index is 0.448. The second-order valence-corrected chi connectivity index (χ2v) is 10.1. The minimum atomic E-state index is 0.448. The van der Waals surface area contributed by atoms with Gasteiger partial charge in [-0.25, -0.2) is 0 Å². The number of benzene rings is 2. The number of morpholine rings is 2. The van der Waals surface area contributed by atoms with E-state index < -0.39 is 0 Å². The SMILES string of the molecule is CC[C@@H](C)c1ccccc1OCCOc1cccc(/C=N\Nc2cc(N3CCOCC3)nc(N3CCOCC3)n2)c1. The van der Waals surface area contributed by atoms with Crippen molar-refractivity contribution in [3.63, 3.8) is 0 Å². The highest BCUT2D eigenvalue weighted by molar-refractivity contribution is 5.80. The van der Waals surface area contributed by atoms with Crippen LogP contribution in [-0.2, 0) is 9.47 Å². The Balaban J connectivity index is 1.18. The fraction of sp³-hybridized carbons (Fsp3) is 0.452. The first-order valence-electron chi connectivity index (χ1n) is 14.5. The molecule has 5 rings (SSSR count). The van der Waals surface area contributed by atoms with E-state index in [2.05, 4.69) is 46.3 Å². The van der Waals surface area contributed by atoms with Gasteiger partial charge in [-0.05, 0) is 41.7 Å². The lowest BCUT2D eigenvalue weighted by molar-refractivity contribution is 0.121. The summed E-state index contributed by atoms with van der Waals surface area (Å²) >= 11 is 0. The number of nitrogens with zero attached hydrogens (tertiary/aromatic N) is 5. The Morgan fingerprint density at radius 2 is 1.63 bits per heavy atom. The van der Waals surface area contributed by atoms with E-state index in [1.54, 1.807) is 6.21 Å². The molecule has 2 aliphatic heterocycles. The molecule has 2 saturated heterocycles. The first-order valence-corrected chi connectivity index (χ1v) is 14.5. The van der Waals surface area contributed by atoms with Gasteiger partial charge < -0.3 is 28.7 Å². The van der Waals surface area contributed by atoms with Crippen LogP contribution in [0.5, 0.6) is 11.5 Å². The van der Waals surface area contributed by atoms with Crippen molar-refractivity contribution in [3.05, 3.63) is 65.7 Å². The molecule has 0 bridgehead atoms. The maximum absolute atomic E-state index is 6.04. The summed E-state index contributed by atoms with van der Waals surface area (Å²) in [5.41, 5.74) is 5.25. The molecule has 0 amide bonds. The van der Waals surface area contributed by atoms with Crippen LogP contribution in [0.15, 0.2) is 59.7 Å². The van der Waals surface area contributed by atoms with Crippen LogP contribution in [0.2, 0.25) is 0 Å². The van der Waals surface area contributed by atoms with Gasteiger partial charge in [0.1, 0.15) is 30.5 Å². The van der Waals surface area contributed by atoms with Gasteiger partial charge in [-0.3, -0.25) is 5.43 Å². The van der Waals surface area contributed by atoms with Crippen LogP contribution < -0.4 is 24.7 Å². The van der Waals surface area contributed by atoms with Gasteiger partial charge in [0.05, 0.1) is 32.6 Å². The zero-order valence-corrected chi connectivity index (χ0v) is 24.0. The largest absolute Gasteiger partial charge is 0.490 e. The summed E-state index contributed by atoms with van der Waals surface area (Å²) < 4.78 is 23.0. The molecule has 0 unspecified atom stereocenters. The quantitative estimate of drug-likeness (QED) is 0.194. The topological polar surface area (TPSA) is 93.6 Å². The first-order chi connectivity index (χ1) is 20.2. The number of rotatable bonds is 12. The third kappa shape index (κ3) is 8.08. The molecular weight excluding hydrogens is 520 g/mol. The van der Waals surface area contributed by atoms with E-state index in [1.807, 2.05) is 42.5 Å². The molecule has 41 heavy (non-hydrogen) atoms. The summed E-state index contributed by atoms with van der Waals surface area (Å²) in [4.78, 5) is 13.9. The van der Waals surface area contributed by atoms with Gasteiger partial charge in [0.25, 0.3) is 0 Å². The molecule has 0 aliphatic carbocycles. The van der Waals surface area contributed by atoms with Gasteiger partial charge >= 0.3 is 0 Å². The van der Waals surface area contributed by atoms with Gasteiger partial charge in [-0.2, -0.15) is 15.1 Å². The zero-order chi connectivity index (χ0) is 28.3. The van der Waals surface area contributed by atoms with Gasteiger partial charge in [0, 0.05) is 32.2 Å². The highest BCUT2D eigenvalue weighted by Crippen LogP contribution is 2.28. The second kappa shape index (κ2) is 14.7. The number of para-hydroxylation sites is 1. The number of nitrogens with one attached hydrogen (secondary N) is 1. The average molecular weight is 561 g/mol. The van der Waals surface area contributed by atoms with Crippen molar-refractivity contribution in [1.82, 2.24) is 9.97 Å². The van der Waals surface area contributed by atoms with E-state index in [4.69, 9.17) is 28.9 Å². The molecular formula is C31H40N6O4. The van der Waals surface area contributed by atoms with Crippen LogP contribution in [-0.4, -0.2) is 82.0 Å². The van der Waals surface area contributed by atoms with Crippen molar-refractivity contribution < 1.29 is 18.9 Å². The van der Waals surface area contributed by atoms with Crippen molar-refractivity contribution in [3.8, 4) is 11.5 Å². The molecule has 0 spiro atoms. The number of ether oxygens (including phenoxy) is 4.